The Morgan fingerprint density at radius 1 is 0.317 bits per heavy atom. The van der Waals surface area contributed by atoms with E-state index in [0.29, 0.717) is 0 Å². The van der Waals surface area contributed by atoms with Crippen LogP contribution in [0.25, 0.3) is 98.4 Å². The number of hydrogen-bond donors (Lipinski definition) is 0. The Kier molecular flexibility index (Phi) is 11.3. The van der Waals surface area contributed by atoms with E-state index in [-0.39, 0.29) is 10.8 Å². The molecule has 0 aliphatic carbocycles. The van der Waals surface area contributed by atoms with Crippen molar-refractivity contribution in [3.63, 3.8) is 0 Å². The summed E-state index contributed by atoms with van der Waals surface area (Å²) in [4.78, 5) is 5.08. The van der Waals surface area contributed by atoms with Gasteiger partial charge < -0.3 is 18.6 Å². The van der Waals surface area contributed by atoms with Crippen LogP contribution in [0.2, 0.25) is 0 Å². The Morgan fingerprint density at radius 3 is 1.06 bits per heavy atom. The molecule has 0 saturated heterocycles. The molecule has 4 nitrogen and oxygen atoms in total. The van der Waals surface area contributed by atoms with Gasteiger partial charge in [0.05, 0.1) is 55.8 Å². The zero-order valence-corrected chi connectivity index (χ0v) is 48.1. The molecular formula is C78H66N4. The highest BCUT2D eigenvalue weighted by Gasteiger charge is 2.31. The zero-order valence-electron chi connectivity index (χ0n) is 48.1. The maximum Gasteiger partial charge on any atom is 0.0641 e. The van der Waals surface area contributed by atoms with Crippen molar-refractivity contribution in [1.29, 1.82) is 0 Å². The smallest absolute Gasteiger partial charge is 0.0641 e. The van der Waals surface area contributed by atoms with Crippen molar-refractivity contribution >= 4 is 110 Å². The molecule has 15 rings (SSSR count). The molecule has 0 radical (unpaired) electrons. The standard InChI is InChI=1S/C78H66N4/c1-9-49-31-35-57(51-23-15-11-16-24-51)69(43-49)79(55-27-19-13-20-28-55)67-41-37-59-61-47-72-62(48-71(61)81-65-39-33-53(77(3,4)5)45-63(65)73(67)75(59)81)60-38-42-68(74-64-46-54(78(6,7)8)34-40-66(64)82(72)76(60)74)80(56-29-21-14-22-30-56)70-44-50(10-2)32-36-58(70)52-25-17-12-18-26-52/h11-48H,9-10H2,1-8H3. The number of aromatic nitrogens is 2. The molecule has 0 atom stereocenters. The molecule has 0 aliphatic rings. The number of hydrogen-bond acceptors (Lipinski definition) is 2. The molecule has 0 bridgehead atoms. The topological polar surface area (TPSA) is 15.3 Å². The molecule has 4 heterocycles. The predicted molar refractivity (Wildman–Crippen MR) is 352 cm³/mol. The van der Waals surface area contributed by atoms with E-state index in [9.17, 15) is 0 Å². The van der Waals surface area contributed by atoms with E-state index < -0.39 is 0 Å². The van der Waals surface area contributed by atoms with Gasteiger partial charge in [0.1, 0.15) is 0 Å². The van der Waals surface area contributed by atoms with Gasteiger partial charge in [0.25, 0.3) is 0 Å². The summed E-state index contributed by atoms with van der Waals surface area (Å²) in [6, 6.07) is 87.2. The quantitative estimate of drug-likeness (QED) is 0.136. The largest absolute Gasteiger partial charge is 0.309 e. The molecule has 0 aliphatic heterocycles. The molecule has 82 heavy (non-hydrogen) atoms. The average Bonchev–Trinajstić information content (AvgIpc) is 3.05. The van der Waals surface area contributed by atoms with Gasteiger partial charge in [0.15, 0.2) is 0 Å². The third-order valence-electron chi connectivity index (χ3n) is 17.8. The molecule has 0 N–H and O–H groups in total. The summed E-state index contributed by atoms with van der Waals surface area (Å²) in [5.74, 6) is 0. The highest BCUT2D eigenvalue weighted by molar-refractivity contribution is 6.32. The number of aryl methyl sites for hydroxylation is 2. The van der Waals surface area contributed by atoms with E-state index in [1.54, 1.807) is 0 Å². The van der Waals surface area contributed by atoms with Crippen LogP contribution in [0, 0.1) is 0 Å². The third-order valence-corrected chi connectivity index (χ3v) is 17.8. The fraction of sp³-hybridized carbons (Fsp3) is 0.154. The van der Waals surface area contributed by atoms with Gasteiger partial charge in [0, 0.05) is 65.6 Å². The summed E-state index contributed by atoms with van der Waals surface area (Å²) < 4.78 is 5.20. The molecule has 398 valence electrons. The van der Waals surface area contributed by atoms with E-state index in [1.165, 1.54) is 143 Å². The van der Waals surface area contributed by atoms with E-state index in [0.717, 1.165) is 24.2 Å². The van der Waals surface area contributed by atoms with Crippen LogP contribution in [0.5, 0.6) is 0 Å². The third kappa shape index (κ3) is 7.57. The first-order valence-electron chi connectivity index (χ1n) is 29.4. The van der Waals surface area contributed by atoms with Gasteiger partial charge in [-0.05, 0) is 142 Å². The van der Waals surface area contributed by atoms with Crippen LogP contribution in [-0.2, 0) is 23.7 Å². The van der Waals surface area contributed by atoms with E-state index >= 15 is 0 Å². The molecule has 4 heteroatoms. The van der Waals surface area contributed by atoms with Crippen LogP contribution < -0.4 is 9.80 Å². The summed E-state index contributed by atoms with van der Waals surface area (Å²) in [5.41, 5.74) is 24.2. The molecule has 15 aromatic rings. The lowest BCUT2D eigenvalue weighted by atomic mass is 9.86. The number of para-hydroxylation sites is 2. The van der Waals surface area contributed by atoms with Crippen molar-refractivity contribution in [3.8, 4) is 22.3 Å². The van der Waals surface area contributed by atoms with Gasteiger partial charge in [-0.3, -0.25) is 0 Å². The summed E-state index contributed by atoms with van der Waals surface area (Å²) >= 11 is 0. The first-order chi connectivity index (χ1) is 39.9. The monoisotopic (exact) mass is 1060 g/mol. The molecule has 0 unspecified atom stereocenters. The van der Waals surface area contributed by atoms with Crippen molar-refractivity contribution in [1.82, 2.24) is 8.80 Å². The van der Waals surface area contributed by atoms with Gasteiger partial charge in [-0.15, -0.1) is 0 Å². The normalized spacial score (nSPS) is 12.5. The highest BCUT2D eigenvalue weighted by atomic mass is 15.2. The van der Waals surface area contributed by atoms with E-state index in [1.807, 2.05) is 0 Å². The van der Waals surface area contributed by atoms with Crippen LogP contribution in [0.15, 0.2) is 231 Å². The van der Waals surface area contributed by atoms with Crippen molar-refractivity contribution in [2.45, 2.75) is 79.1 Å². The summed E-state index contributed by atoms with van der Waals surface area (Å²) in [6.45, 7) is 18.5. The lowest BCUT2D eigenvalue weighted by molar-refractivity contribution is 0.591. The SMILES string of the molecule is CCc1ccc(-c2ccccc2)c(N(c2ccccc2)c2ccc3c4cc5c(cc4n4c6ccc(C(C)(C)C)cc6c2c34)c2ccc(N(c3ccccc3)c3cc(CC)ccc3-c3ccccc3)c3c4cc(C(C)(C)C)ccc4n5c23)c1. The Bertz CT molecular complexity index is 4620. The zero-order chi connectivity index (χ0) is 55.8. The van der Waals surface area contributed by atoms with Gasteiger partial charge in [-0.2, -0.15) is 0 Å². The molecule has 0 spiro atoms. The van der Waals surface area contributed by atoms with Gasteiger partial charge in [0.2, 0.25) is 0 Å². The fourth-order valence-electron chi connectivity index (χ4n) is 13.5. The summed E-state index contributed by atoms with van der Waals surface area (Å²) in [5, 5.41) is 10.1. The van der Waals surface area contributed by atoms with Crippen LogP contribution >= 0.6 is 0 Å². The van der Waals surface area contributed by atoms with Gasteiger partial charge >= 0.3 is 0 Å². The minimum atomic E-state index is -0.0578. The summed E-state index contributed by atoms with van der Waals surface area (Å²) in [7, 11) is 0. The van der Waals surface area contributed by atoms with Crippen molar-refractivity contribution in [2.24, 2.45) is 0 Å². The number of nitrogens with zero attached hydrogens (tertiary/aromatic N) is 4. The Balaban J connectivity index is 1.05. The van der Waals surface area contributed by atoms with E-state index in [4.69, 9.17) is 0 Å². The molecule has 11 aromatic carbocycles. The Labute approximate surface area is 480 Å². The van der Waals surface area contributed by atoms with Crippen LogP contribution in [0.4, 0.5) is 34.1 Å². The van der Waals surface area contributed by atoms with Crippen LogP contribution in [0.1, 0.15) is 77.6 Å². The average molecular weight is 1060 g/mol. The lowest BCUT2D eigenvalue weighted by Crippen LogP contribution is -2.12. The molecule has 0 amide bonds. The maximum absolute atomic E-state index is 2.60. The number of anilines is 6. The number of benzene rings is 11. The second-order valence-electron chi connectivity index (χ2n) is 24.7. The Hall–Kier alpha value is -9.38. The minimum Gasteiger partial charge on any atom is -0.309 e. The second-order valence-corrected chi connectivity index (χ2v) is 24.7. The highest BCUT2D eigenvalue weighted by Crippen LogP contribution is 2.54. The number of fused-ring (bicyclic) bond motifs is 12. The van der Waals surface area contributed by atoms with Crippen molar-refractivity contribution in [3.05, 3.63) is 253 Å². The van der Waals surface area contributed by atoms with Crippen molar-refractivity contribution < 1.29 is 0 Å². The second kappa shape index (κ2) is 18.6. The number of rotatable bonds is 10. The maximum atomic E-state index is 2.60. The van der Waals surface area contributed by atoms with Crippen LogP contribution in [-0.4, -0.2) is 8.80 Å². The van der Waals surface area contributed by atoms with Gasteiger partial charge in [-0.25, -0.2) is 0 Å². The lowest BCUT2D eigenvalue weighted by Gasteiger charge is -2.29. The predicted octanol–water partition coefficient (Wildman–Crippen LogP) is 22.0. The molecular weight excluding hydrogens is 993 g/mol. The summed E-state index contributed by atoms with van der Waals surface area (Å²) in [6.07, 6.45) is 1.87. The van der Waals surface area contributed by atoms with Crippen molar-refractivity contribution in [2.75, 3.05) is 9.80 Å². The molecule has 0 fully saturated rings. The molecule has 4 aromatic heterocycles. The van der Waals surface area contributed by atoms with E-state index in [2.05, 4.69) is 305 Å². The van der Waals surface area contributed by atoms with Crippen LogP contribution in [0.3, 0.4) is 0 Å². The minimum absolute atomic E-state index is 0.0578. The Morgan fingerprint density at radius 2 is 0.695 bits per heavy atom. The fourth-order valence-corrected chi connectivity index (χ4v) is 13.5. The first-order valence-corrected chi connectivity index (χ1v) is 29.4. The molecule has 0 saturated carbocycles. The van der Waals surface area contributed by atoms with Gasteiger partial charge in [-0.1, -0.05) is 201 Å². The first kappa shape index (κ1) is 49.6.